The van der Waals surface area contributed by atoms with Crippen molar-refractivity contribution in [1.29, 1.82) is 5.26 Å². The third kappa shape index (κ3) is 11.2. The topological polar surface area (TPSA) is 118 Å². The fraction of sp³-hybridized carbons (Fsp3) is 0.407. The molecule has 0 aromatic heterocycles. The van der Waals surface area contributed by atoms with Crippen LogP contribution in [0.4, 0.5) is 4.79 Å². The van der Waals surface area contributed by atoms with Crippen LogP contribution in [0.5, 0.6) is 0 Å². The molecule has 0 radical (unpaired) electrons. The first-order chi connectivity index (χ1) is 16.7. The zero-order chi connectivity index (χ0) is 25.7. The first-order valence-electron chi connectivity index (χ1n) is 11.6. The van der Waals surface area contributed by atoms with Gasteiger partial charge in [0.25, 0.3) is 0 Å². The number of hydrogen-bond donors (Lipinski definition) is 2. The van der Waals surface area contributed by atoms with Crippen LogP contribution in [-0.4, -0.2) is 36.2 Å². The van der Waals surface area contributed by atoms with Gasteiger partial charge in [0.15, 0.2) is 0 Å². The zero-order valence-corrected chi connectivity index (χ0v) is 20.5. The Kier molecular flexibility index (Phi) is 10.8. The van der Waals surface area contributed by atoms with E-state index in [-0.39, 0.29) is 13.0 Å². The zero-order valence-electron chi connectivity index (χ0n) is 20.5. The Balaban J connectivity index is 1.84. The maximum Gasteiger partial charge on any atom is 0.408 e. The van der Waals surface area contributed by atoms with Crippen LogP contribution in [-0.2, 0) is 32.1 Å². The molecule has 1 atom stereocenters. The molecule has 0 saturated heterocycles. The maximum absolute atomic E-state index is 12.7. The minimum absolute atomic E-state index is 0.0444. The number of esters is 1. The summed E-state index contributed by atoms with van der Waals surface area (Å²) in [6.07, 6.45) is 1.25. The predicted molar refractivity (Wildman–Crippen MR) is 131 cm³/mol. The number of carbonyl (C=O) groups excluding carboxylic acids is 3. The monoisotopic (exact) mass is 479 g/mol. The van der Waals surface area contributed by atoms with E-state index >= 15 is 0 Å². The molecule has 2 aromatic rings. The molecular formula is C27H33N3O5. The Labute approximate surface area is 206 Å². The predicted octanol–water partition coefficient (Wildman–Crippen LogP) is 4.02. The molecule has 0 spiro atoms. The number of nitriles is 1. The number of ether oxygens (including phenoxy) is 2. The number of carbonyl (C=O) groups is 3. The largest absolute Gasteiger partial charge is 0.460 e. The van der Waals surface area contributed by atoms with Crippen LogP contribution in [0.3, 0.4) is 0 Å². The SMILES string of the molecule is CC(C)(C)OC(=O)CC(NC(=O)OCc1ccccc1)C(=O)NCCCCc1ccc(C#N)cc1. The van der Waals surface area contributed by atoms with Crippen molar-refractivity contribution in [3.8, 4) is 6.07 Å². The van der Waals surface area contributed by atoms with Gasteiger partial charge in [0.05, 0.1) is 18.1 Å². The maximum atomic E-state index is 12.7. The van der Waals surface area contributed by atoms with Gasteiger partial charge < -0.3 is 20.1 Å². The molecule has 0 aliphatic rings. The summed E-state index contributed by atoms with van der Waals surface area (Å²) >= 11 is 0. The van der Waals surface area contributed by atoms with Crippen molar-refractivity contribution in [2.75, 3.05) is 6.54 Å². The van der Waals surface area contributed by atoms with Gasteiger partial charge in [-0.2, -0.15) is 5.26 Å². The van der Waals surface area contributed by atoms with Gasteiger partial charge in [0.2, 0.25) is 5.91 Å². The van der Waals surface area contributed by atoms with Crippen molar-refractivity contribution >= 4 is 18.0 Å². The summed E-state index contributed by atoms with van der Waals surface area (Å²) in [6, 6.07) is 17.5. The van der Waals surface area contributed by atoms with Gasteiger partial charge in [-0.25, -0.2) is 4.79 Å². The summed E-state index contributed by atoms with van der Waals surface area (Å²) in [6.45, 7) is 5.63. The fourth-order valence-corrected chi connectivity index (χ4v) is 3.20. The third-order valence-electron chi connectivity index (χ3n) is 4.89. The van der Waals surface area contributed by atoms with E-state index in [0.29, 0.717) is 18.5 Å². The number of rotatable bonds is 11. The molecular weight excluding hydrogens is 446 g/mol. The lowest BCUT2D eigenvalue weighted by atomic mass is 10.1. The highest BCUT2D eigenvalue weighted by Gasteiger charge is 2.27. The Bertz CT molecular complexity index is 1010. The standard InChI is InChI=1S/C27H33N3O5/c1-27(2,3)35-24(31)17-23(30-26(33)34-19-22-10-5-4-6-11-22)25(32)29-16-8-7-9-20-12-14-21(18-28)15-13-20/h4-6,10-15,23H,7-9,16-17,19H2,1-3H3,(H,29,32)(H,30,33). The Hall–Kier alpha value is -3.86. The van der Waals surface area contributed by atoms with Crippen LogP contribution in [0.2, 0.25) is 0 Å². The van der Waals surface area contributed by atoms with Crippen molar-refractivity contribution in [1.82, 2.24) is 10.6 Å². The number of benzene rings is 2. The minimum atomic E-state index is -1.12. The molecule has 1 unspecified atom stereocenters. The normalized spacial score (nSPS) is 11.6. The van der Waals surface area contributed by atoms with Crippen LogP contribution < -0.4 is 10.6 Å². The highest BCUT2D eigenvalue weighted by molar-refractivity contribution is 5.89. The summed E-state index contributed by atoms with van der Waals surface area (Å²) < 4.78 is 10.5. The number of aryl methyl sites for hydroxylation is 1. The van der Waals surface area contributed by atoms with Gasteiger partial charge in [-0.3, -0.25) is 9.59 Å². The number of alkyl carbamates (subject to hydrolysis) is 1. The van der Waals surface area contributed by atoms with E-state index in [4.69, 9.17) is 14.7 Å². The van der Waals surface area contributed by atoms with E-state index in [1.54, 1.807) is 32.9 Å². The molecule has 8 heteroatoms. The smallest absolute Gasteiger partial charge is 0.408 e. The first-order valence-corrected chi connectivity index (χ1v) is 11.6. The molecule has 2 rings (SSSR count). The summed E-state index contributed by atoms with van der Waals surface area (Å²) in [4.78, 5) is 37.3. The lowest BCUT2D eigenvalue weighted by Crippen LogP contribution is -2.48. The molecule has 2 amide bonds. The second-order valence-corrected chi connectivity index (χ2v) is 9.11. The Morgan fingerprint density at radius 2 is 1.66 bits per heavy atom. The van der Waals surface area contributed by atoms with Gasteiger partial charge >= 0.3 is 12.1 Å². The van der Waals surface area contributed by atoms with Crippen molar-refractivity contribution in [3.05, 3.63) is 71.3 Å². The molecule has 35 heavy (non-hydrogen) atoms. The minimum Gasteiger partial charge on any atom is -0.460 e. The molecule has 0 aliphatic heterocycles. The van der Waals surface area contributed by atoms with E-state index in [2.05, 4.69) is 16.7 Å². The van der Waals surface area contributed by atoms with Crippen LogP contribution in [0.25, 0.3) is 0 Å². The average molecular weight is 480 g/mol. The Morgan fingerprint density at radius 3 is 2.29 bits per heavy atom. The summed E-state index contributed by atoms with van der Waals surface area (Å²) in [5.41, 5.74) is 1.82. The van der Waals surface area contributed by atoms with Crippen molar-refractivity contribution in [2.45, 2.75) is 64.7 Å². The number of unbranched alkanes of at least 4 members (excludes halogenated alkanes) is 1. The lowest BCUT2D eigenvalue weighted by Gasteiger charge is -2.22. The Morgan fingerprint density at radius 1 is 0.971 bits per heavy atom. The average Bonchev–Trinajstić information content (AvgIpc) is 2.82. The first kappa shape index (κ1) is 27.4. The highest BCUT2D eigenvalue weighted by atomic mass is 16.6. The summed E-state index contributed by atoms with van der Waals surface area (Å²) in [5.74, 6) is -1.08. The summed E-state index contributed by atoms with van der Waals surface area (Å²) in [7, 11) is 0. The third-order valence-corrected chi connectivity index (χ3v) is 4.89. The van der Waals surface area contributed by atoms with Gasteiger partial charge in [-0.05, 0) is 63.3 Å². The van der Waals surface area contributed by atoms with E-state index in [0.717, 1.165) is 24.0 Å². The number of nitrogens with zero attached hydrogens (tertiary/aromatic N) is 1. The molecule has 0 aliphatic carbocycles. The van der Waals surface area contributed by atoms with Crippen LogP contribution in [0.1, 0.15) is 56.7 Å². The molecule has 0 bridgehead atoms. The van der Waals surface area contributed by atoms with Crippen LogP contribution in [0.15, 0.2) is 54.6 Å². The number of amides is 2. The molecule has 186 valence electrons. The van der Waals surface area contributed by atoms with Gasteiger partial charge in [0, 0.05) is 6.54 Å². The molecule has 2 N–H and O–H groups in total. The van der Waals surface area contributed by atoms with Crippen molar-refractivity contribution in [2.24, 2.45) is 0 Å². The van der Waals surface area contributed by atoms with E-state index in [1.165, 1.54) is 0 Å². The highest BCUT2D eigenvalue weighted by Crippen LogP contribution is 2.10. The van der Waals surface area contributed by atoms with E-state index < -0.39 is 29.6 Å². The second-order valence-electron chi connectivity index (χ2n) is 9.11. The lowest BCUT2D eigenvalue weighted by molar-refractivity contribution is -0.156. The molecule has 2 aromatic carbocycles. The van der Waals surface area contributed by atoms with Crippen LogP contribution >= 0.6 is 0 Å². The van der Waals surface area contributed by atoms with E-state index in [1.807, 2.05) is 42.5 Å². The van der Waals surface area contributed by atoms with Gasteiger partial charge in [0.1, 0.15) is 18.2 Å². The molecule has 0 saturated carbocycles. The summed E-state index contributed by atoms with van der Waals surface area (Å²) in [5, 5.41) is 14.1. The molecule has 0 fully saturated rings. The van der Waals surface area contributed by atoms with Gasteiger partial charge in [-0.15, -0.1) is 0 Å². The number of hydrogen-bond acceptors (Lipinski definition) is 6. The number of nitrogens with one attached hydrogen (secondary N) is 2. The van der Waals surface area contributed by atoms with Crippen molar-refractivity contribution < 1.29 is 23.9 Å². The fourth-order valence-electron chi connectivity index (χ4n) is 3.20. The quantitative estimate of drug-likeness (QED) is 0.371. The molecule has 0 heterocycles. The second kappa shape index (κ2) is 13.8. The molecule has 8 nitrogen and oxygen atoms in total. The van der Waals surface area contributed by atoms with Crippen LogP contribution in [0, 0.1) is 11.3 Å². The van der Waals surface area contributed by atoms with Crippen molar-refractivity contribution in [3.63, 3.8) is 0 Å². The van der Waals surface area contributed by atoms with E-state index in [9.17, 15) is 14.4 Å². The van der Waals surface area contributed by atoms with Gasteiger partial charge in [-0.1, -0.05) is 42.5 Å².